The van der Waals surface area contributed by atoms with Crippen molar-refractivity contribution in [3.05, 3.63) is 43.0 Å². The van der Waals surface area contributed by atoms with Crippen molar-refractivity contribution in [3.8, 4) is 5.75 Å². The number of carbonyl (C=O) groups excluding carboxylic acids is 1. The maximum absolute atomic E-state index is 14.0. The highest BCUT2D eigenvalue weighted by Crippen LogP contribution is 2.48. The predicted molar refractivity (Wildman–Crippen MR) is 144 cm³/mol. The lowest BCUT2D eigenvalue weighted by atomic mass is 9.99. The van der Waals surface area contributed by atoms with Gasteiger partial charge in [0, 0.05) is 0 Å². The second-order valence-electron chi connectivity index (χ2n) is 10.8. The van der Waals surface area contributed by atoms with E-state index >= 15 is 0 Å². The molecule has 3 heterocycles. The number of nitrogens with two attached hydrogens (primary N) is 1. The third kappa shape index (κ3) is 6.77. The number of fused-ring (bicyclic) bond motifs is 1. The molecule has 3 unspecified atom stereocenters. The molecule has 0 radical (unpaired) electrons. The molecule has 7 atom stereocenters. The van der Waals surface area contributed by atoms with E-state index in [-0.39, 0.29) is 23.6 Å². The fourth-order valence-electron chi connectivity index (χ4n) is 4.04. The number of anilines is 1. The summed E-state index contributed by atoms with van der Waals surface area (Å²) in [6.45, 7) is 8.86. The first-order valence-corrected chi connectivity index (χ1v) is 14.2. The van der Waals surface area contributed by atoms with Crippen molar-refractivity contribution in [2.24, 2.45) is 5.41 Å². The molecule has 0 aliphatic carbocycles. The maximum atomic E-state index is 14.0. The van der Waals surface area contributed by atoms with Crippen LogP contribution in [0.1, 0.15) is 40.8 Å². The Labute approximate surface area is 231 Å². The summed E-state index contributed by atoms with van der Waals surface area (Å²) < 4.78 is 38.2. The Bertz CT molecular complexity index is 1370. The molecule has 1 aliphatic rings. The number of aliphatic hydroxyl groups is 2. The zero-order chi connectivity index (χ0) is 29.2. The van der Waals surface area contributed by atoms with Gasteiger partial charge in [0.25, 0.3) is 0 Å². The Balaban J connectivity index is 1.53. The first kappa shape index (κ1) is 29.8. The summed E-state index contributed by atoms with van der Waals surface area (Å²) >= 11 is 0. The van der Waals surface area contributed by atoms with Crippen LogP contribution in [0.3, 0.4) is 0 Å². The molecule has 1 saturated heterocycles. The van der Waals surface area contributed by atoms with Crippen molar-refractivity contribution in [1.29, 1.82) is 0 Å². The minimum absolute atomic E-state index is 0.144. The Morgan fingerprint density at radius 1 is 1.18 bits per heavy atom. The van der Waals surface area contributed by atoms with Crippen molar-refractivity contribution >= 4 is 30.7 Å². The number of hydrogen-bond donors (Lipinski definition) is 4. The highest BCUT2D eigenvalue weighted by molar-refractivity contribution is 7.52. The van der Waals surface area contributed by atoms with Gasteiger partial charge < -0.3 is 29.9 Å². The van der Waals surface area contributed by atoms with Gasteiger partial charge in [0.15, 0.2) is 17.7 Å². The molecule has 0 spiro atoms. The van der Waals surface area contributed by atoms with E-state index in [1.165, 1.54) is 31.1 Å². The largest absolute Gasteiger partial charge is 0.464 e. The average molecular weight is 579 g/mol. The molecule has 40 heavy (non-hydrogen) atoms. The molecular formula is C25H35N6O8P. The molecular weight excluding hydrogens is 543 g/mol. The number of rotatable bonds is 10. The lowest BCUT2D eigenvalue weighted by Gasteiger charge is -2.29. The van der Waals surface area contributed by atoms with Crippen LogP contribution in [0.5, 0.6) is 5.75 Å². The van der Waals surface area contributed by atoms with Gasteiger partial charge in [0.05, 0.1) is 19.0 Å². The lowest BCUT2D eigenvalue weighted by Crippen LogP contribution is -2.41. The summed E-state index contributed by atoms with van der Waals surface area (Å²) in [6, 6.07) is 7.19. The number of ether oxygens (including phenoxy) is 2. The van der Waals surface area contributed by atoms with Gasteiger partial charge in [-0.1, -0.05) is 39.0 Å². The van der Waals surface area contributed by atoms with Gasteiger partial charge in [0.2, 0.25) is 0 Å². The SMILES string of the molecule is CC(NP(=O)(Oc1ccccc1)OC(C)[C@H]1O[C@@H](n2cnc3c(N)ncnc32)[C@H](O)[C@@H]1O)C(=O)OCC(C)(C)C. The number of benzene rings is 1. The Hall–Kier alpha value is -3.13. The molecule has 0 bridgehead atoms. The monoisotopic (exact) mass is 578 g/mol. The number of hydrogen-bond acceptors (Lipinski definition) is 12. The van der Waals surface area contributed by atoms with Crippen LogP contribution in [0.15, 0.2) is 43.0 Å². The molecule has 4 rings (SSSR count). The number of aliphatic hydroxyl groups excluding tert-OH is 2. The molecule has 0 saturated carbocycles. The van der Waals surface area contributed by atoms with E-state index in [1.807, 2.05) is 20.8 Å². The number of aromatic nitrogens is 4. The van der Waals surface area contributed by atoms with Gasteiger partial charge in [0.1, 0.15) is 41.9 Å². The average Bonchev–Trinajstić information content (AvgIpc) is 3.44. The molecule has 3 aromatic rings. The highest BCUT2D eigenvalue weighted by atomic mass is 31.2. The lowest BCUT2D eigenvalue weighted by molar-refractivity contribution is -0.148. The second kappa shape index (κ2) is 11.8. The van der Waals surface area contributed by atoms with Crippen LogP contribution in [0.2, 0.25) is 0 Å². The molecule has 15 heteroatoms. The number of carbonyl (C=O) groups is 1. The maximum Gasteiger partial charge on any atom is 0.459 e. The van der Waals surface area contributed by atoms with E-state index in [2.05, 4.69) is 20.0 Å². The zero-order valence-corrected chi connectivity index (χ0v) is 23.8. The first-order chi connectivity index (χ1) is 18.8. The third-order valence-electron chi connectivity index (χ3n) is 6.03. The smallest absolute Gasteiger partial charge is 0.459 e. The number of nitrogens with zero attached hydrogens (tertiary/aromatic N) is 4. The molecule has 14 nitrogen and oxygen atoms in total. The molecule has 1 aromatic carbocycles. The van der Waals surface area contributed by atoms with Crippen molar-refractivity contribution in [1.82, 2.24) is 24.6 Å². The minimum Gasteiger partial charge on any atom is -0.464 e. The zero-order valence-electron chi connectivity index (χ0n) is 22.9. The van der Waals surface area contributed by atoms with Crippen LogP contribution in [-0.2, 0) is 23.4 Å². The topological polar surface area (TPSA) is 193 Å². The molecule has 1 aliphatic heterocycles. The van der Waals surface area contributed by atoms with Crippen molar-refractivity contribution in [3.63, 3.8) is 0 Å². The van der Waals surface area contributed by atoms with Gasteiger partial charge in [-0.2, -0.15) is 5.09 Å². The van der Waals surface area contributed by atoms with Gasteiger partial charge in [-0.25, -0.2) is 19.5 Å². The van der Waals surface area contributed by atoms with Gasteiger partial charge in [-0.3, -0.25) is 13.9 Å². The number of nitrogens with one attached hydrogen (secondary N) is 1. The number of nitrogen functional groups attached to an aromatic ring is 1. The van der Waals surface area contributed by atoms with Gasteiger partial charge in [-0.05, 0) is 31.4 Å². The summed E-state index contributed by atoms with van der Waals surface area (Å²) in [5.74, 6) is -0.289. The first-order valence-electron chi connectivity index (χ1n) is 12.7. The number of imidazole rings is 1. The van der Waals surface area contributed by atoms with E-state index in [4.69, 9.17) is 24.3 Å². The summed E-state index contributed by atoms with van der Waals surface area (Å²) in [5.41, 5.74) is 6.18. The third-order valence-corrected chi connectivity index (χ3v) is 7.79. The van der Waals surface area contributed by atoms with E-state index < -0.39 is 50.4 Å². The molecule has 218 valence electrons. The number of esters is 1. The van der Waals surface area contributed by atoms with Crippen molar-refractivity contribution in [2.75, 3.05) is 12.3 Å². The van der Waals surface area contributed by atoms with E-state index in [0.29, 0.717) is 11.2 Å². The standard InChI is InChI=1S/C25H35N6O8P/c1-14(24(34)36-11-25(3,4)5)30-40(35,39-16-9-7-6-8-10-16)38-15(2)20-18(32)19(33)23(37-20)31-13-29-17-21(26)27-12-28-22(17)31/h6-10,12-15,18-20,23,32-33H,11H2,1-5H3,(H,30,35)(H2,26,27,28)/t14?,15?,18-,19+,20+,23+,40?/m0/s1. The van der Waals surface area contributed by atoms with E-state index in [1.54, 1.807) is 30.3 Å². The van der Waals surface area contributed by atoms with E-state index in [0.717, 1.165) is 0 Å². The molecule has 5 N–H and O–H groups in total. The molecule has 2 aromatic heterocycles. The van der Waals surface area contributed by atoms with Crippen LogP contribution in [0.4, 0.5) is 5.82 Å². The number of para-hydroxylation sites is 1. The Morgan fingerprint density at radius 3 is 2.55 bits per heavy atom. The predicted octanol–water partition coefficient (Wildman–Crippen LogP) is 2.19. The Morgan fingerprint density at radius 2 is 1.88 bits per heavy atom. The van der Waals surface area contributed by atoms with E-state index in [9.17, 15) is 19.6 Å². The molecule has 1 fully saturated rings. The van der Waals surface area contributed by atoms with Crippen LogP contribution in [0, 0.1) is 5.41 Å². The van der Waals surface area contributed by atoms with Gasteiger partial charge >= 0.3 is 13.7 Å². The van der Waals surface area contributed by atoms with Crippen LogP contribution in [-0.4, -0.2) is 72.8 Å². The summed E-state index contributed by atoms with van der Waals surface area (Å²) in [5, 5.41) is 24.3. The fourth-order valence-corrected chi connectivity index (χ4v) is 5.73. The van der Waals surface area contributed by atoms with Crippen LogP contribution < -0.4 is 15.3 Å². The van der Waals surface area contributed by atoms with Crippen LogP contribution >= 0.6 is 7.75 Å². The Kier molecular flexibility index (Phi) is 8.78. The van der Waals surface area contributed by atoms with Crippen LogP contribution in [0.25, 0.3) is 11.2 Å². The second-order valence-corrected chi connectivity index (χ2v) is 12.4. The van der Waals surface area contributed by atoms with Crippen molar-refractivity contribution < 1.29 is 38.1 Å². The highest BCUT2D eigenvalue weighted by Gasteiger charge is 2.49. The van der Waals surface area contributed by atoms with Gasteiger partial charge in [-0.15, -0.1) is 0 Å². The molecule has 0 amide bonds. The van der Waals surface area contributed by atoms with Crippen molar-refractivity contribution in [2.45, 2.75) is 71.3 Å². The summed E-state index contributed by atoms with van der Waals surface area (Å²) in [4.78, 5) is 24.8. The normalized spacial score (nSPS) is 24.4. The summed E-state index contributed by atoms with van der Waals surface area (Å²) in [6.07, 6.45) is -3.63. The fraction of sp³-hybridized carbons (Fsp3) is 0.520. The summed E-state index contributed by atoms with van der Waals surface area (Å²) in [7, 11) is -4.28. The quantitative estimate of drug-likeness (QED) is 0.202. The minimum atomic E-state index is -4.28.